The predicted octanol–water partition coefficient (Wildman–Crippen LogP) is 5.90. The average Bonchev–Trinajstić information content (AvgIpc) is 2.84. The lowest BCUT2D eigenvalue weighted by molar-refractivity contribution is 0.178. The molecule has 178 valence electrons. The van der Waals surface area contributed by atoms with E-state index in [2.05, 4.69) is 17.1 Å². The standard InChI is InChI=1S/C25H26Cl2N4O3/c1-25(16-29-24(32)33)10-12-31(13-11-25)22-23(34-15-17-6-3-2-4-7-17)30-20(14-28-22)18-8-5-9-19(26)21(18)27/h2-9,14,29H,10-13,15-16H2,1H3,(H,32,33). The van der Waals surface area contributed by atoms with Crippen LogP contribution in [-0.2, 0) is 6.61 Å². The normalized spacial score (nSPS) is 15.1. The fourth-order valence-corrected chi connectivity index (χ4v) is 4.36. The second kappa shape index (κ2) is 10.5. The summed E-state index contributed by atoms with van der Waals surface area (Å²) in [5, 5.41) is 12.3. The molecule has 0 radical (unpaired) electrons. The molecule has 0 spiro atoms. The Bertz CT molecular complexity index is 1150. The van der Waals surface area contributed by atoms with Crippen LogP contribution in [0.4, 0.5) is 10.6 Å². The first-order valence-electron chi connectivity index (χ1n) is 11.0. The summed E-state index contributed by atoms with van der Waals surface area (Å²) in [6, 6.07) is 15.3. The van der Waals surface area contributed by atoms with Crippen LogP contribution in [0.2, 0.25) is 10.0 Å². The first-order valence-corrected chi connectivity index (χ1v) is 11.8. The van der Waals surface area contributed by atoms with E-state index in [4.69, 9.17) is 43.0 Å². The minimum Gasteiger partial charge on any atom is -0.470 e. The van der Waals surface area contributed by atoms with Crippen LogP contribution in [0.3, 0.4) is 0 Å². The number of hydrogen-bond acceptors (Lipinski definition) is 5. The van der Waals surface area contributed by atoms with Gasteiger partial charge in [-0.2, -0.15) is 0 Å². The minimum atomic E-state index is -0.999. The molecule has 7 nitrogen and oxygen atoms in total. The van der Waals surface area contributed by atoms with Crippen LogP contribution in [-0.4, -0.2) is 40.8 Å². The number of nitrogens with zero attached hydrogens (tertiary/aromatic N) is 3. The fourth-order valence-electron chi connectivity index (χ4n) is 3.96. The summed E-state index contributed by atoms with van der Waals surface area (Å²) in [5.41, 5.74) is 2.17. The highest BCUT2D eigenvalue weighted by atomic mass is 35.5. The van der Waals surface area contributed by atoms with E-state index in [1.165, 1.54) is 0 Å². The maximum Gasteiger partial charge on any atom is 0.404 e. The average molecular weight is 501 g/mol. The Balaban J connectivity index is 1.59. The number of nitrogens with one attached hydrogen (secondary N) is 1. The summed E-state index contributed by atoms with van der Waals surface area (Å²) in [6.07, 6.45) is 2.31. The number of ether oxygens (including phenoxy) is 1. The maximum absolute atomic E-state index is 10.9. The molecule has 4 rings (SSSR count). The van der Waals surface area contributed by atoms with Gasteiger partial charge in [-0.25, -0.2) is 14.8 Å². The molecule has 0 unspecified atom stereocenters. The summed E-state index contributed by atoms with van der Waals surface area (Å²) in [6.45, 7) is 4.30. The number of hydrogen-bond donors (Lipinski definition) is 2. The van der Waals surface area contributed by atoms with E-state index in [-0.39, 0.29) is 5.41 Å². The van der Waals surface area contributed by atoms with Crippen molar-refractivity contribution in [1.29, 1.82) is 0 Å². The molecule has 2 N–H and O–H groups in total. The molecule has 1 aliphatic heterocycles. The van der Waals surface area contributed by atoms with Crippen LogP contribution >= 0.6 is 23.2 Å². The second-order valence-corrected chi connectivity index (χ2v) is 9.50. The Morgan fingerprint density at radius 2 is 1.88 bits per heavy atom. The van der Waals surface area contributed by atoms with Crippen molar-refractivity contribution in [3.8, 4) is 17.1 Å². The van der Waals surface area contributed by atoms with Crippen molar-refractivity contribution in [2.45, 2.75) is 26.4 Å². The highest BCUT2D eigenvalue weighted by Gasteiger charge is 2.32. The molecule has 1 saturated heterocycles. The summed E-state index contributed by atoms with van der Waals surface area (Å²) >= 11 is 12.6. The molecule has 2 heterocycles. The third kappa shape index (κ3) is 5.72. The van der Waals surface area contributed by atoms with Crippen molar-refractivity contribution in [2.24, 2.45) is 5.41 Å². The SMILES string of the molecule is CC1(CNC(=O)O)CCN(c2ncc(-c3cccc(Cl)c3Cl)nc2OCc2ccccc2)CC1. The predicted molar refractivity (Wildman–Crippen MR) is 134 cm³/mol. The third-order valence-electron chi connectivity index (χ3n) is 6.10. The number of carboxylic acid groups (broad SMARTS) is 1. The molecular weight excluding hydrogens is 475 g/mol. The van der Waals surface area contributed by atoms with Crippen molar-refractivity contribution in [3.05, 3.63) is 70.3 Å². The van der Waals surface area contributed by atoms with Gasteiger partial charge in [-0.15, -0.1) is 0 Å². The van der Waals surface area contributed by atoms with E-state index in [1.54, 1.807) is 12.3 Å². The summed E-state index contributed by atoms with van der Waals surface area (Å²) in [4.78, 5) is 22.5. The van der Waals surface area contributed by atoms with E-state index in [1.807, 2.05) is 42.5 Å². The Morgan fingerprint density at radius 3 is 2.59 bits per heavy atom. The molecule has 9 heteroatoms. The molecule has 0 atom stereocenters. The van der Waals surface area contributed by atoms with Crippen LogP contribution in [0, 0.1) is 5.41 Å². The zero-order chi connectivity index (χ0) is 24.1. The number of carbonyl (C=O) groups is 1. The van der Waals surface area contributed by atoms with E-state index in [0.29, 0.717) is 59.2 Å². The van der Waals surface area contributed by atoms with Gasteiger partial charge >= 0.3 is 6.09 Å². The van der Waals surface area contributed by atoms with Crippen LogP contribution in [0.15, 0.2) is 54.7 Å². The van der Waals surface area contributed by atoms with E-state index in [0.717, 1.165) is 18.4 Å². The number of aromatic nitrogens is 2. The van der Waals surface area contributed by atoms with Crippen molar-refractivity contribution in [2.75, 3.05) is 24.5 Å². The molecular formula is C25H26Cl2N4O3. The summed E-state index contributed by atoms with van der Waals surface area (Å²) in [7, 11) is 0. The molecule has 1 amide bonds. The van der Waals surface area contributed by atoms with Crippen LogP contribution < -0.4 is 15.0 Å². The maximum atomic E-state index is 10.9. The highest BCUT2D eigenvalue weighted by Crippen LogP contribution is 2.37. The van der Waals surface area contributed by atoms with Gasteiger partial charge in [0.2, 0.25) is 0 Å². The van der Waals surface area contributed by atoms with Gasteiger partial charge in [0.05, 0.1) is 21.9 Å². The Labute approximate surface area is 208 Å². The molecule has 0 saturated carbocycles. The molecule has 1 aliphatic rings. The van der Waals surface area contributed by atoms with Crippen molar-refractivity contribution < 1.29 is 14.6 Å². The number of halogens is 2. The van der Waals surface area contributed by atoms with E-state index >= 15 is 0 Å². The zero-order valence-electron chi connectivity index (χ0n) is 18.8. The molecule has 2 aromatic carbocycles. The Morgan fingerprint density at radius 1 is 1.15 bits per heavy atom. The van der Waals surface area contributed by atoms with Crippen molar-refractivity contribution in [3.63, 3.8) is 0 Å². The molecule has 1 fully saturated rings. The van der Waals surface area contributed by atoms with Gasteiger partial charge in [0, 0.05) is 25.2 Å². The largest absolute Gasteiger partial charge is 0.470 e. The van der Waals surface area contributed by atoms with Gasteiger partial charge in [0.25, 0.3) is 5.88 Å². The van der Waals surface area contributed by atoms with Crippen molar-refractivity contribution >= 4 is 35.1 Å². The number of benzene rings is 2. The highest BCUT2D eigenvalue weighted by molar-refractivity contribution is 6.43. The van der Waals surface area contributed by atoms with Crippen LogP contribution in [0.5, 0.6) is 5.88 Å². The van der Waals surface area contributed by atoms with E-state index < -0.39 is 6.09 Å². The van der Waals surface area contributed by atoms with Crippen LogP contribution in [0.25, 0.3) is 11.3 Å². The van der Waals surface area contributed by atoms with Gasteiger partial charge in [-0.3, -0.25) is 0 Å². The van der Waals surface area contributed by atoms with Gasteiger partial charge in [-0.05, 0) is 29.9 Å². The molecule has 1 aromatic heterocycles. The van der Waals surface area contributed by atoms with Crippen LogP contribution in [0.1, 0.15) is 25.3 Å². The number of anilines is 1. The zero-order valence-corrected chi connectivity index (χ0v) is 20.3. The topological polar surface area (TPSA) is 87.6 Å². The molecule has 0 aliphatic carbocycles. The monoisotopic (exact) mass is 500 g/mol. The Kier molecular flexibility index (Phi) is 7.44. The minimum absolute atomic E-state index is 0.109. The number of rotatable bonds is 7. The molecule has 34 heavy (non-hydrogen) atoms. The third-order valence-corrected chi connectivity index (χ3v) is 6.92. The molecule has 0 bridgehead atoms. The lowest BCUT2D eigenvalue weighted by atomic mass is 9.80. The second-order valence-electron chi connectivity index (χ2n) is 8.72. The Hall–Kier alpha value is -3.03. The lowest BCUT2D eigenvalue weighted by Crippen LogP contribution is -2.45. The lowest BCUT2D eigenvalue weighted by Gasteiger charge is -2.40. The quantitative estimate of drug-likeness (QED) is 0.419. The van der Waals surface area contributed by atoms with E-state index in [9.17, 15) is 4.79 Å². The fraction of sp³-hybridized carbons (Fsp3) is 0.320. The van der Waals surface area contributed by atoms with Gasteiger partial charge in [0.15, 0.2) is 5.82 Å². The first-order chi connectivity index (χ1) is 16.3. The summed E-state index contributed by atoms with van der Waals surface area (Å²) < 4.78 is 6.16. The smallest absolute Gasteiger partial charge is 0.404 e. The number of piperidine rings is 1. The summed E-state index contributed by atoms with van der Waals surface area (Å²) in [5.74, 6) is 1.08. The first kappa shape index (κ1) is 24.1. The van der Waals surface area contributed by atoms with Gasteiger partial charge in [-0.1, -0.05) is 72.6 Å². The van der Waals surface area contributed by atoms with Gasteiger partial charge < -0.3 is 20.1 Å². The van der Waals surface area contributed by atoms with Crippen molar-refractivity contribution in [1.82, 2.24) is 15.3 Å². The number of amides is 1. The molecule has 3 aromatic rings. The van der Waals surface area contributed by atoms with Gasteiger partial charge in [0.1, 0.15) is 6.61 Å².